The van der Waals surface area contributed by atoms with Crippen LogP contribution < -0.4 is 5.14 Å². The van der Waals surface area contributed by atoms with Crippen molar-refractivity contribution < 1.29 is 12.6 Å². The molecule has 0 fully saturated rings. The van der Waals surface area contributed by atoms with Gasteiger partial charge in [-0.25, -0.2) is 17.8 Å². The minimum atomic E-state index is -3.72. The second-order valence-corrected chi connectivity index (χ2v) is 8.28. The van der Waals surface area contributed by atoms with E-state index in [1.165, 1.54) is 12.1 Å². The molecular formula is C11H11NO3S3. The molecule has 0 aliphatic heterocycles. The standard InChI is InChI=1S/C11H11NO3S3/c1-8-2-4-9(5-3-8)17(13)10-6-7-11(16-10)18(12,14)15/h2-7H,1H3,(H2,12,14,15). The molecule has 1 heterocycles. The first-order valence-corrected chi connectivity index (χ1v) is 8.50. The Morgan fingerprint density at radius 2 is 1.72 bits per heavy atom. The minimum Gasteiger partial charge on any atom is -0.248 e. The minimum absolute atomic E-state index is 0.0259. The van der Waals surface area contributed by atoms with Gasteiger partial charge < -0.3 is 0 Å². The van der Waals surface area contributed by atoms with Gasteiger partial charge in [-0.15, -0.1) is 11.3 Å². The zero-order valence-corrected chi connectivity index (χ0v) is 11.9. The van der Waals surface area contributed by atoms with E-state index in [2.05, 4.69) is 0 Å². The highest BCUT2D eigenvalue weighted by Gasteiger charge is 2.15. The molecule has 4 nitrogen and oxygen atoms in total. The zero-order chi connectivity index (χ0) is 13.3. The third kappa shape index (κ3) is 2.86. The van der Waals surface area contributed by atoms with Gasteiger partial charge in [-0.2, -0.15) is 0 Å². The quantitative estimate of drug-likeness (QED) is 0.940. The molecule has 1 aromatic heterocycles. The van der Waals surface area contributed by atoms with Crippen molar-refractivity contribution >= 4 is 32.2 Å². The molecule has 1 aromatic carbocycles. The summed E-state index contributed by atoms with van der Waals surface area (Å²) in [5, 5.41) is 5.01. The summed E-state index contributed by atoms with van der Waals surface area (Å²) in [6, 6.07) is 10.2. The number of hydrogen-bond acceptors (Lipinski definition) is 4. The first-order valence-electron chi connectivity index (χ1n) is 4.99. The molecule has 2 rings (SSSR count). The molecule has 0 aliphatic carbocycles. The average Bonchev–Trinajstić information content (AvgIpc) is 2.78. The highest BCUT2D eigenvalue weighted by atomic mass is 32.3. The number of benzene rings is 1. The number of thiophene rings is 1. The van der Waals surface area contributed by atoms with Gasteiger partial charge in [0.05, 0.1) is 15.0 Å². The monoisotopic (exact) mass is 301 g/mol. The van der Waals surface area contributed by atoms with Crippen LogP contribution in [0.25, 0.3) is 0 Å². The average molecular weight is 301 g/mol. The van der Waals surface area contributed by atoms with E-state index in [9.17, 15) is 12.6 Å². The van der Waals surface area contributed by atoms with Gasteiger partial charge in [0, 0.05) is 4.90 Å². The van der Waals surface area contributed by atoms with Crippen molar-refractivity contribution in [2.75, 3.05) is 0 Å². The van der Waals surface area contributed by atoms with Gasteiger partial charge in [0.25, 0.3) is 0 Å². The Bertz CT molecular complexity index is 687. The van der Waals surface area contributed by atoms with Crippen LogP contribution in [0.3, 0.4) is 0 Å². The molecule has 2 aromatic rings. The lowest BCUT2D eigenvalue weighted by Crippen LogP contribution is -2.09. The molecule has 0 saturated heterocycles. The Morgan fingerprint density at radius 3 is 2.22 bits per heavy atom. The Kier molecular flexibility index (Phi) is 3.67. The lowest BCUT2D eigenvalue weighted by atomic mass is 10.2. The largest absolute Gasteiger partial charge is 0.248 e. The summed E-state index contributed by atoms with van der Waals surface area (Å²) in [7, 11) is -5.09. The van der Waals surface area contributed by atoms with Gasteiger partial charge in [0.15, 0.2) is 0 Å². The van der Waals surface area contributed by atoms with E-state index in [0.29, 0.717) is 9.10 Å². The first kappa shape index (κ1) is 13.4. The number of rotatable bonds is 3. The predicted molar refractivity (Wildman–Crippen MR) is 71.5 cm³/mol. The van der Waals surface area contributed by atoms with Crippen molar-refractivity contribution in [3.63, 3.8) is 0 Å². The van der Waals surface area contributed by atoms with Gasteiger partial charge in [-0.1, -0.05) is 17.7 Å². The molecule has 0 spiro atoms. The van der Waals surface area contributed by atoms with Crippen molar-refractivity contribution in [2.24, 2.45) is 5.14 Å². The molecule has 0 bridgehead atoms. The molecule has 7 heteroatoms. The number of sulfonamides is 1. The second-order valence-electron chi connectivity index (χ2n) is 3.70. The number of nitrogens with two attached hydrogens (primary N) is 1. The molecule has 0 aliphatic rings. The lowest BCUT2D eigenvalue weighted by molar-refractivity contribution is 0.600. The fourth-order valence-electron chi connectivity index (χ4n) is 1.33. The predicted octanol–water partition coefficient (Wildman–Crippen LogP) is 1.87. The summed E-state index contributed by atoms with van der Waals surface area (Å²) in [5.74, 6) is 0. The molecule has 0 amide bonds. The third-order valence-electron chi connectivity index (χ3n) is 2.25. The van der Waals surface area contributed by atoms with E-state index >= 15 is 0 Å². The van der Waals surface area contributed by atoms with Crippen LogP contribution in [0.5, 0.6) is 0 Å². The number of aryl methyl sites for hydroxylation is 1. The summed E-state index contributed by atoms with van der Waals surface area (Å²) in [5.41, 5.74) is 1.08. The van der Waals surface area contributed by atoms with Crippen LogP contribution in [-0.4, -0.2) is 12.6 Å². The summed E-state index contributed by atoms with van der Waals surface area (Å²) in [6.45, 7) is 1.94. The molecule has 0 radical (unpaired) electrons. The topological polar surface area (TPSA) is 77.2 Å². The van der Waals surface area contributed by atoms with Gasteiger partial charge >= 0.3 is 0 Å². The maximum Gasteiger partial charge on any atom is 0.247 e. The van der Waals surface area contributed by atoms with Crippen molar-refractivity contribution in [1.29, 1.82) is 0 Å². The fraction of sp³-hybridized carbons (Fsp3) is 0.0909. The van der Waals surface area contributed by atoms with Gasteiger partial charge in [0.1, 0.15) is 4.21 Å². The maximum atomic E-state index is 12.2. The highest BCUT2D eigenvalue weighted by Crippen LogP contribution is 2.26. The summed E-state index contributed by atoms with van der Waals surface area (Å²) in [4.78, 5) is 0.642. The molecule has 96 valence electrons. The van der Waals surface area contributed by atoms with Crippen LogP contribution >= 0.6 is 11.3 Å². The zero-order valence-electron chi connectivity index (χ0n) is 9.49. The highest BCUT2D eigenvalue weighted by molar-refractivity contribution is 7.92. The number of hydrogen-bond donors (Lipinski definition) is 1. The van der Waals surface area contributed by atoms with Crippen LogP contribution in [-0.2, 0) is 20.8 Å². The van der Waals surface area contributed by atoms with Gasteiger partial charge in [0.2, 0.25) is 10.0 Å². The first-order chi connectivity index (χ1) is 8.38. The molecule has 1 unspecified atom stereocenters. The Labute approximate surface area is 112 Å². The molecular weight excluding hydrogens is 290 g/mol. The Morgan fingerprint density at radius 1 is 1.11 bits per heavy atom. The van der Waals surface area contributed by atoms with E-state index in [4.69, 9.17) is 5.14 Å². The molecule has 0 saturated carbocycles. The van der Waals surface area contributed by atoms with E-state index in [0.717, 1.165) is 16.9 Å². The Hall–Kier alpha value is -1.02. The van der Waals surface area contributed by atoms with Crippen molar-refractivity contribution in [1.82, 2.24) is 0 Å². The van der Waals surface area contributed by atoms with E-state index in [1.54, 1.807) is 12.1 Å². The summed E-state index contributed by atoms with van der Waals surface area (Å²) >= 11 is 0.934. The van der Waals surface area contributed by atoms with Crippen molar-refractivity contribution in [2.45, 2.75) is 20.2 Å². The summed E-state index contributed by atoms with van der Waals surface area (Å²) in [6.07, 6.45) is 0. The van der Waals surface area contributed by atoms with Crippen LogP contribution in [0.1, 0.15) is 5.56 Å². The van der Waals surface area contributed by atoms with Crippen LogP contribution in [0, 0.1) is 6.92 Å². The van der Waals surface area contributed by atoms with Crippen molar-refractivity contribution in [3.05, 3.63) is 42.0 Å². The SMILES string of the molecule is Cc1ccc(S(=O)c2ccc(S(N)(=O)=O)s2)cc1. The fourth-order valence-corrected chi connectivity index (χ4v) is 4.62. The smallest absolute Gasteiger partial charge is 0.247 e. The third-order valence-corrected chi connectivity index (χ3v) is 6.48. The van der Waals surface area contributed by atoms with Gasteiger partial charge in [-0.3, -0.25) is 0 Å². The summed E-state index contributed by atoms with van der Waals surface area (Å²) < 4.78 is 35.0. The lowest BCUT2D eigenvalue weighted by Gasteiger charge is -1.99. The van der Waals surface area contributed by atoms with Crippen LogP contribution in [0.4, 0.5) is 0 Å². The number of primary sulfonamides is 1. The van der Waals surface area contributed by atoms with E-state index in [1.807, 2.05) is 19.1 Å². The van der Waals surface area contributed by atoms with Crippen LogP contribution in [0.15, 0.2) is 49.7 Å². The van der Waals surface area contributed by atoms with Gasteiger partial charge in [-0.05, 0) is 31.2 Å². The van der Waals surface area contributed by atoms with Crippen molar-refractivity contribution in [3.8, 4) is 0 Å². The molecule has 2 N–H and O–H groups in total. The van der Waals surface area contributed by atoms with Crippen LogP contribution in [0.2, 0.25) is 0 Å². The Balaban J connectivity index is 2.35. The van der Waals surface area contributed by atoms with E-state index < -0.39 is 20.8 Å². The second kappa shape index (κ2) is 4.93. The maximum absolute atomic E-state index is 12.2. The molecule has 1 atom stereocenters. The van der Waals surface area contributed by atoms with E-state index in [-0.39, 0.29) is 4.21 Å². The molecule has 18 heavy (non-hydrogen) atoms. The normalized spacial score (nSPS) is 13.4.